The van der Waals surface area contributed by atoms with Crippen LogP contribution in [0.25, 0.3) is 0 Å². The average molecular weight is 197 g/mol. The monoisotopic (exact) mass is 197 g/mol. The van der Waals surface area contributed by atoms with Gasteiger partial charge in [0.2, 0.25) is 5.91 Å². The van der Waals surface area contributed by atoms with E-state index in [2.05, 4.69) is 4.74 Å². The first-order valence-corrected chi connectivity index (χ1v) is 4.59. The zero-order chi connectivity index (χ0) is 10.9. The van der Waals surface area contributed by atoms with E-state index in [1.165, 1.54) is 7.11 Å². The van der Waals surface area contributed by atoms with Crippen LogP contribution < -0.4 is 0 Å². The fraction of sp³-hybridized carbons (Fsp3) is 0.600. The highest BCUT2D eigenvalue weighted by atomic mass is 16.5. The molecule has 4 nitrogen and oxygen atoms in total. The highest BCUT2D eigenvalue weighted by molar-refractivity contribution is 6.00. The molecule has 1 heterocycles. The summed E-state index contributed by atoms with van der Waals surface area (Å²) < 4.78 is 4.61. The molecule has 0 saturated heterocycles. The summed E-state index contributed by atoms with van der Waals surface area (Å²) in [4.78, 5) is 24.4. The molecule has 0 N–H and O–H groups in total. The summed E-state index contributed by atoms with van der Waals surface area (Å²) in [5.74, 6) is -0.433. The van der Waals surface area contributed by atoms with Crippen molar-refractivity contribution >= 4 is 11.9 Å². The van der Waals surface area contributed by atoms with Crippen LogP contribution in [0.4, 0.5) is 0 Å². The van der Waals surface area contributed by atoms with Crippen LogP contribution in [-0.4, -0.2) is 29.9 Å². The molecule has 1 amide bonds. The largest absolute Gasteiger partial charge is 0.466 e. The summed E-state index contributed by atoms with van der Waals surface area (Å²) in [7, 11) is 1.32. The number of rotatable bonds is 2. The molecular formula is C10H15NO3. The quantitative estimate of drug-likeness (QED) is 0.622. The molecule has 4 heteroatoms. The minimum absolute atomic E-state index is 0.0297. The first-order chi connectivity index (χ1) is 6.49. The van der Waals surface area contributed by atoms with Crippen molar-refractivity contribution in [2.45, 2.75) is 33.2 Å². The van der Waals surface area contributed by atoms with E-state index in [4.69, 9.17) is 0 Å². The predicted octanol–water partition coefficient (Wildman–Crippen LogP) is 1.07. The second-order valence-corrected chi connectivity index (χ2v) is 3.59. The molecule has 0 unspecified atom stereocenters. The van der Waals surface area contributed by atoms with Crippen molar-refractivity contribution in [1.82, 2.24) is 4.90 Å². The van der Waals surface area contributed by atoms with E-state index in [0.717, 1.165) is 5.70 Å². The number of carbonyl (C=O) groups is 2. The highest BCUT2D eigenvalue weighted by Crippen LogP contribution is 2.26. The van der Waals surface area contributed by atoms with Gasteiger partial charge in [-0.2, -0.15) is 0 Å². The van der Waals surface area contributed by atoms with Crippen molar-refractivity contribution in [2.75, 3.05) is 7.11 Å². The Hall–Kier alpha value is -1.32. The van der Waals surface area contributed by atoms with E-state index in [-0.39, 0.29) is 18.4 Å². The Morgan fingerprint density at radius 2 is 2.07 bits per heavy atom. The number of carbonyl (C=O) groups excluding carboxylic acids is 2. The molecule has 0 radical (unpaired) electrons. The number of hydrogen-bond acceptors (Lipinski definition) is 3. The van der Waals surface area contributed by atoms with Crippen LogP contribution in [0.2, 0.25) is 0 Å². The third-order valence-electron chi connectivity index (χ3n) is 2.34. The lowest BCUT2D eigenvalue weighted by Crippen LogP contribution is -2.31. The lowest BCUT2D eigenvalue weighted by Gasteiger charge is -2.22. The van der Waals surface area contributed by atoms with Crippen LogP contribution in [0.15, 0.2) is 11.3 Å². The number of methoxy groups -OCH3 is 1. The first kappa shape index (κ1) is 10.8. The molecule has 0 atom stereocenters. The molecule has 1 aliphatic heterocycles. The Labute approximate surface area is 83.5 Å². The maximum atomic E-state index is 11.5. The minimum Gasteiger partial charge on any atom is -0.466 e. The predicted molar refractivity (Wildman–Crippen MR) is 51.3 cm³/mol. The Morgan fingerprint density at radius 1 is 1.50 bits per heavy atom. The molecule has 0 aromatic rings. The fourth-order valence-electron chi connectivity index (χ4n) is 1.72. The van der Waals surface area contributed by atoms with Crippen LogP contribution in [0.5, 0.6) is 0 Å². The molecule has 0 aromatic heterocycles. The maximum absolute atomic E-state index is 11.5. The van der Waals surface area contributed by atoms with Crippen LogP contribution in [0.1, 0.15) is 27.2 Å². The number of hydrogen-bond donors (Lipinski definition) is 0. The molecule has 0 aliphatic carbocycles. The fourth-order valence-corrected chi connectivity index (χ4v) is 1.72. The molecule has 14 heavy (non-hydrogen) atoms. The zero-order valence-corrected chi connectivity index (χ0v) is 8.96. The number of ether oxygens (including phenoxy) is 1. The second-order valence-electron chi connectivity index (χ2n) is 3.59. The summed E-state index contributed by atoms with van der Waals surface area (Å²) in [5.41, 5.74) is 1.20. The van der Waals surface area contributed by atoms with E-state index >= 15 is 0 Å². The van der Waals surface area contributed by atoms with Gasteiger partial charge in [0.25, 0.3) is 0 Å². The topological polar surface area (TPSA) is 46.6 Å². The second kappa shape index (κ2) is 3.82. The van der Waals surface area contributed by atoms with Crippen molar-refractivity contribution in [3.05, 3.63) is 11.3 Å². The molecule has 1 rings (SSSR count). The Balaban J connectivity index is 2.99. The average Bonchev–Trinajstić information content (AvgIpc) is 2.40. The van der Waals surface area contributed by atoms with E-state index in [0.29, 0.717) is 5.57 Å². The van der Waals surface area contributed by atoms with Crippen molar-refractivity contribution < 1.29 is 14.3 Å². The lowest BCUT2D eigenvalue weighted by molar-refractivity contribution is -0.137. The Morgan fingerprint density at radius 3 is 2.43 bits per heavy atom. The Bertz CT molecular complexity index is 304. The third kappa shape index (κ3) is 1.64. The van der Waals surface area contributed by atoms with Gasteiger partial charge in [0.15, 0.2) is 0 Å². The zero-order valence-electron chi connectivity index (χ0n) is 8.96. The molecule has 1 aliphatic rings. The number of allylic oxidation sites excluding steroid dienone is 1. The van der Waals surface area contributed by atoms with E-state index in [1.807, 2.05) is 13.8 Å². The minimum atomic E-state index is -0.404. The summed E-state index contributed by atoms with van der Waals surface area (Å²) in [6.45, 7) is 5.61. The van der Waals surface area contributed by atoms with Crippen molar-refractivity contribution in [1.29, 1.82) is 0 Å². The number of amides is 1. The summed E-state index contributed by atoms with van der Waals surface area (Å²) >= 11 is 0. The molecule has 0 aromatic carbocycles. The number of esters is 1. The van der Waals surface area contributed by atoms with Crippen molar-refractivity contribution in [2.24, 2.45) is 0 Å². The summed E-state index contributed by atoms with van der Waals surface area (Å²) in [5, 5.41) is 0. The van der Waals surface area contributed by atoms with Gasteiger partial charge in [-0.3, -0.25) is 4.79 Å². The van der Waals surface area contributed by atoms with Gasteiger partial charge in [-0.1, -0.05) is 0 Å². The SMILES string of the molecule is COC(=O)C1=C(C)N(C(C)C)C(=O)C1. The van der Waals surface area contributed by atoms with E-state index in [1.54, 1.807) is 11.8 Å². The van der Waals surface area contributed by atoms with Gasteiger partial charge < -0.3 is 9.64 Å². The number of nitrogens with zero attached hydrogens (tertiary/aromatic N) is 1. The van der Waals surface area contributed by atoms with E-state index < -0.39 is 5.97 Å². The van der Waals surface area contributed by atoms with Gasteiger partial charge in [-0.15, -0.1) is 0 Å². The van der Waals surface area contributed by atoms with Crippen LogP contribution in [0.3, 0.4) is 0 Å². The lowest BCUT2D eigenvalue weighted by atomic mass is 10.2. The maximum Gasteiger partial charge on any atom is 0.336 e. The van der Waals surface area contributed by atoms with Crippen molar-refractivity contribution in [3.63, 3.8) is 0 Å². The van der Waals surface area contributed by atoms with Crippen molar-refractivity contribution in [3.8, 4) is 0 Å². The van der Waals surface area contributed by atoms with Crippen LogP contribution >= 0.6 is 0 Å². The molecule has 0 saturated carbocycles. The standard InChI is InChI=1S/C10H15NO3/c1-6(2)11-7(3)8(5-9(11)12)10(13)14-4/h6H,5H2,1-4H3. The van der Waals surface area contributed by atoms with Gasteiger partial charge >= 0.3 is 5.97 Å². The van der Waals surface area contributed by atoms with Gasteiger partial charge in [0.1, 0.15) is 0 Å². The van der Waals surface area contributed by atoms with Gasteiger partial charge in [-0.05, 0) is 20.8 Å². The van der Waals surface area contributed by atoms with Crippen LogP contribution in [0, 0.1) is 0 Å². The molecule has 0 fully saturated rings. The van der Waals surface area contributed by atoms with Gasteiger partial charge in [0, 0.05) is 11.7 Å². The van der Waals surface area contributed by atoms with Gasteiger partial charge in [-0.25, -0.2) is 4.79 Å². The third-order valence-corrected chi connectivity index (χ3v) is 2.34. The smallest absolute Gasteiger partial charge is 0.336 e. The molecule has 0 bridgehead atoms. The van der Waals surface area contributed by atoms with E-state index in [9.17, 15) is 9.59 Å². The normalized spacial score (nSPS) is 16.9. The highest BCUT2D eigenvalue weighted by Gasteiger charge is 2.32. The molecule has 0 spiro atoms. The molecular weight excluding hydrogens is 182 g/mol. The molecule has 78 valence electrons. The van der Waals surface area contributed by atoms with Crippen LogP contribution in [-0.2, 0) is 14.3 Å². The van der Waals surface area contributed by atoms with Gasteiger partial charge in [0.05, 0.1) is 19.1 Å². The summed E-state index contributed by atoms with van der Waals surface area (Å²) in [6, 6.07) is 0.0876. The first-order valence-electron chi connectivity index (χ1n) is 4.59. The Kier molecular flexibility index (Phi) is 2.93. The summed E-state index contributed by atoms with van der Waals surface area (Å²) in [6.07, 6.45) is 0.163.